The van der Waals surface area contributed by atoms with Gasteiger partial charge in [0.25, 0.3) is 5.91 Å². The van der Waals surface area contributed by atoms with Crippen LogP contribution in [0.2, 0.25) is 0 Å². The molecular formula is C14H15N5O. The fourth-order valence-electron chi connectivity index (χ4n) is 2.06. The largest absolute Gasteiger partial charge is 0.399 e. The molecule has 3 rings (SSSR count). The normalized spacial score (nSPS) is 10.8. The van der Waals surface area contributed by atoms with Crippen molar-refractivity contribution in [1.29, 1.82) is 0 Å². The number of amides is 1. The topological polar surface area (TPSA) is 99.6 Å². The van der Waals surface area contributed by atoms with E-state index in [0.717, 1.165) is 23.0 Å². The highest BCUT2D eigenvalue weighted by atomic mass is 16.1. The minimum atomic E-state index is -0.228. The van der Waals surface area contributed by atoms with E-state index in [1.807, 2.05) is 25.1 Å². The van der Waals surface area contributed by atoms with E-state index in [9.17, 15) is 4.79 Å². The van der Waals surface area contributed by atoms with Crippen LogP contribution in [0.4, 0.5) is 11.5 Å². The summed E-state index contributed by atoms with van der Waals surface area (Å²) in [5.74, 6) is 0.291. The lowest BCUT2D eigenvalue weighted by molar-refractivity contribution is 0.102. The van der Waals surface area contributed by atoms with E-state index in [1.165, 1.54) is 0 Å². The standard InChI is InChI=1S/C14H15N5O/c1-2-10-7-13(19-18-10)17-14(20)12-6-8-5-9(15)3-4-11(8)16-12/h3-7,16H,2,15H2,1H3,(H2,17,18,19,20). The molecule has 5 N–H and O–H groups in total. The van der Waals surface area contributed by atoms with Crippen LogP contribution < -0.4 is 11.1 Å². The summed E-state index contributed by atoms with van der Waals surface area (Å²) >= 11 is 0. The number of carbonyl (C=O) groups excluding carboxylic acids is 1. The molecule has 3 aromatic rings. The number of nitrogens with zero attached hydrogens (tertiary/aromatic N) is 1. The number of hydrogen-bond donors (Lipinski definition) is 4. The van der Waals surface area contributed by atoms with Gasteiger partial charge in [0.2, 0.25) is 0 Å². The zero-order chi connectivity index (χ0) is 14.1. The number of aromatic nitrogens is 3. The number of aryl methyl sites for hydroxylation is 1. The van der Waals surface area contributed by atoms with Gasteiger partial charge >= 0.3 is 0 Å². The molecule has 2 aromatic heterocycles. The van der Waals surface area contributed by atoms with E-state index in [4.69, 9.17) is 5.73 Å². The zero-order valence-corrected chi connectivity index (χ0v) is 11.0. The molecule has 2 heterocycles. The molecule has 20 heavy (non-hydrogen) atoms. The van der Waals surface area contributed by atoms with Crippen LogP contribution in [-0.4, -0.2) is 21.1 Å². The van der Waals surface area contributed by atoms with Gasteiger partial charge in [-0.05, 0) is 30.7 Å². The van der Waals surface area contributed by atoms with Gasteiger partial charge in [-0.25, -0.2) is 0 Å². The molecule has 0 radical (unpaired) electrons. The smallest absolute Gasteiger partial charge is 0.273 e. The van der Waals surface area contributed by atoms with Crippen LogP contribution >= 0.6 is 0 Å². The van der Waals surface area contributed by atoms with E-state index in [1.54, 1.807) is 12.1 Å². The average Bonchev–Trinajstić information content (AvgIpc) is 3.04. The molecule has 1 aromatic carbocycles. The Hall–Kier alpha value is -2.76. The summed E-state index contributed by atoms with van der Waals surface area (Å²) < 4.78 is 0. The number of anilines is 2. The van der Waals surface area contributed by atoms with Gasteiger partial charge in [0.05, 0.1) is 0 Å². The van der Waals surface area contributed by atoms with Crippen molar-refractivity contribution in [2.75, 3.05) is 11.1 Å². The van der Waals surface area contributed by atoms with Crippen LogP contribution in [-0.2, 0) is 6.42 Å². The van der Waals surface area contributed by atoms with Crippen molar-refractivity contribution < 1.29 is 4.79 Å². The first-order valence-electron chi connectivity index (χ1n) is 6.39. The fourth-order valence-corrected chi connectivity index (χ4v) is 2.06. The minimum Gasteiger partial charge on any atom is -0.399 e. The maximum Gasteiger partial charge on any atom is 0.273 e. The van der Waals surface area contributed by atoms with E-state index in [-0.39, 0.29) is 5.91 Å². The lowest BCUT2D eigenvalue weighted by Gasteiger charge is -1.97. The lowest BCUT2D eigenvalue weighted by Crippen LogP contribution is -2.12. The molecule has 1 amide bonds. The summed E-state index contributed by atoms with van der Waals surface area (Å²) in [6, 6.07) is 9.06. The number of rotatable bonds is 3. The van der Waals surface area contributed by atoms with Crippen LogP contribution in [0.15, 0.2) is 30.3 Å². The number of aromatic amines is 2. The summed E-state index contributed by atoms with van der Waals surface area (Å²) in [5, 5.41) is 10.5. The van der Waals surface area contributed by atoms with E-state index in [0.29, 0.717) is 17.2 Å². The Labute approximate surface area is 115 Å². The van der Waals surface area contributed by atoms with Crippen LogP contribution in [0, 0.1) is 0 Å². The first kappa shape index (κ1) is 12.3. The molecule has 0 aliphatic carbocycles. The van der Waals surface area contributed by atoms with Gasteiger partial charge in [-0.3, -0.25) is 9.89 Å². The molecule has 6 heteroatoms. The number of H-pyrrole nitrogens is 2. The maximum atomic E-state index is 12.1. The van der Waals surface area contributed by atoms with Crippen molar-refractivity contribution >= 4 is 28.3 Å². The molecule has 0 fully saturated rings. The molecule has 0 unspecified atom stereocenters. The first-order chi connectivity index (χ1) is 9.65. The summed E-state index contributed by atoms with van der Waals surface area (Å²) in [6.45, 7) is 2.02. The molecule has 0 saturated carbocycles. The second-order valence-electron chi connectivity index (χ2n) is 4.62. The molecule has 102 valence electrons. The Kier molecular flexibility index (Phi) is 2.90. The fraction of sp³-hybridized carbons (Fsp3) is 0.143. The van der Waals surface area contributed by atoms with E-state index < -0.39 is 0 Å². The van der Waals surface area contributed by atoms with Crippen LogP contribution in [0.1, 0.15) is 23.1 Å². The second-order valence-corrected chi connectivity index (χ2v) is 4.62. The molecule has 0 spiro atoms. The first-order valence-corrected chi connectivity index (χ1v) is 6.39. The van der Waals surface area contributed by atoms with E-state index in [2.05, 4.69) is 20.5 Å². The Bertz CT molecular complexity index is 771. The van der Waals surface area contributed by atoms with Crippen molar-refractivity contribution in [3.8, 4) is 0 Å². The highest BCUT2D eigenvalue weighted by molar-refractivity contribution is 6.05. The summed E-state index contributed by atoms with van der Waals surface area (Å²) in [7, 11) is 0. The molecule has 0 aliphatic heterocycles. The molecule has 0 aliphatic rings. The minimum absolute atomic E-state index is 0.228. The Morgan fingerprint density at radius 2 is 2.20 bits per heavy atom. The summed E-state index contributed by atoms with van der Waals surface area (Å²) in [4.78, 5) is 15.2. The quantitative estimate of drug-likeness (QED) is 0.549. The van der Waals surface area contributed by atoms with Crippen LogP contribution in [0.5, 0.6) is 0 Å². The van der Waals surface area contributed by atoms with Crippen molar-refractivity contribution in [3.63, 3.8) is 0 Å². The summed E-state index contributed by atoms with van der Waals surface area (Å²) in [6.07, 6.45) is 0.842. The van der Waals surface area contributed by atoms with Gasteiger partial charge in [-0.15, -0.1) is 0 Å². The van der Waals surface area contributed by atoms with Gasteiger partial charge in [-0.2, -0.15) is 5.10 Å². The number of hydrogen-bond acceptors (Lipinski definition) is 3. The Morgan fingerprint density at radius 1 is 1.35 bits per heavy atom. The third-order valence-corrected chi connectivity index (χ3v) is 3.14. The van der Waals surface area contributed by atoms with Crippen LogP contribution in [0.25, 0.3) is 10.9 Å². The second kappa shape index (κ2) is 4.73. The predicted molar refractivity (Wildman–Crippen MR) is 78.6 cm³/mol. The summed E-state index contributed by atoms with van der Waals surface area (Å²) in [5.41, 5.74) is 8.72. The molecule has 0 saturated heterocycles. The maximum absolute atomic E-state index is 12.1. The number of nitrogens with one attached hydrogen (secondary N) is 3. The number of fused-ring (bicyclic) bond motifs is 1. The highest BCUT2D eigenvalue weighted by Crippen LogP contribution is 2.19. The predicted octanol–water partition coefficient (Wildman–Crippen LogP) is 2.29. The molecule has 0 bridgehead atoms. The van der Waals surface area contributed by atoms with Gasteiger partial charge in [0, 0.05) is 28.4 Å². The number of nitrogens with two attached hydrogens (primary N) is 1. The van der Waals surface area contributed by atoms with Crippen molar-refractivity contribution in [2.24, 2.45) is 0 Å². The Morgan fingerprint density at radius 3 is 2.95 bits per heavy atom. The monoisotopic (exact) mass is 269 g/mol. The number of carbonyl (C=O) groups is 1. The lowest BCUT2D eigenvalue weighted by atomic mass is 10.2. The van der Waals surface area contributed by atoms with Crippen LogP contribution in [0.3, 0.4) is 0 Å². The van der Waals surface area contributed by atoms with Crippen molar-refractivity contribution in [2.45, 2.75) is 13.3 Å². The van der Waals surface area contributed by atoms with Gasteiger partial charge in [0.1, 0.15) is 5.69 Å². The van der Waals surface area contributed by atoms with Gasteiger partial charge < -0.3 is 16.0 Å². The molecule has 0 atom stereocenters. The zero-order valence-electron chi connectivity index (χ0n) is 11.0. The molecule has 6 nitrogen and oxygen atoms in total. The van der Waals surface area contributed by atoms with Gasteiger partial charge in [-0.1, -0.05) is 6.92 Å². The van der Waals surface area contributed by atoms with Crippen molar-refractivity contribution in [1.82, 2.24) is 15.2 Å². The SMILES string of the molecule is CCc1cc(NC(=O)c2cc3cc(N)ccc3[nH]2)n[nH]1. The molecular weight excluding hydrogens is 254 g/mol. The van der Waals surface area contributed by atoms with E-state index >= 15 is 0 Å². The van der Waals surface area contributed by atoms with Gasteiger partial charge in [0.15, 0.2) is 5.82 Å². The Balaban J connectivity index is 1.84. The number of nitrogen functional groups attached to an aromatic ring is 1. The van der Waals surface area contributed by atoms with Crippen molar-refractivity contribution in [3.05, 3.63) is 41.7 Å². The average molecular weight is 269 g/mol. The number of benzene rings is 1. The third-order valence-electron chi connectivity index (χ3n) is 3.14. The highest BCUT2D eigenvalue weighted by Gasteiger charge is 2.11. The third kappa shape index (κ3) is 2.23.